The van der Waals surface area contributed by atoms with Crippen molar-refractivity contribution in [2.24, 2.45) is 10.7 Å². The van der Waals surface area contributed by atoms with Crippen LogP contribution in [-0.2, 0) is 4.75 Å². The second kappa shape index (κ2) is 5.87. The predicted molar refractivity (Wildman–Crippen MR) is 98.9 cm³/mol. The molecule has 1 spiro atoms. The third-order valence-electron chi connectivity index (χ3n) is 4.47. The summed E-state index contributed by atoms with van der Waals surface area (Å²) in [5, 5.41) is 0.677. The maximum Gasteiger partial charge on any atom is 0.154 e. The number of nitrogens with zero attached hydrogens (tertiary/aromatic N) is 1. The van der Waals surface area contributed by atoms with Gasteiger partial charge in [0, 0.05) is 23.0 Å². The lowest BCUT2D eigenvalue weighted by atomic mass is 9.84. The Morgan fingerprint density at radius 2 is 2.04 bits per heavy atom. The largest absolute Gasteiger partial charge is 0.485 e. The van der Waals surface area contributed by atoms with Gasteiger partial charge in [-0.15, -0.1) is 0 Å². The van der Waals surface area contributed by atoms with Crippen LogP contribution in [0.4, 0.5) is 0 Å². The molecule has 0 radical (unpaired) electrons. The molecule has 2 aromatic carbocycles. The Hall–Kier alpha value is -1.46. The van der Waals surface area contributed by atoms with Gasteiger partial charge in [0.15, 0.2) is 5.17 Å². The number of hydrogen-bond donors (Lipinski definition) is 1. The first-order valence-electron chi connectivity index (χ1n) is 7.67. The fourth-order valence-electron chi connectivity index (χ4n) is 3.38. The van der Waals surface area contributed by atoms with Crippen LogP contribution < -0.4 is 10.5 Å². The number of halogens is 1. The number of nitrogens with two attached hydrogens (primary N) is 1. The molecule has 23 heavy (non-hydrogen) atoms. The van der Waals surface area contributed by atoms with Crippen LogP contribution in [0.2, 0.25) is 0 Å². The van der Waals surface area contributed by atoms with E-state index in [4.69, 9.17) is 10.5 Å². The number of hydrogen-bond acceptors (Lipinski definition) is 4. The summed E-state index contributed by atoms with van der Waals surface area (Å²) in [7, 11) is 0. The van der Waals surface area contributed by atoms with Crippen LogP contribution in [0.1, 0.15) is 30.1 Å². The number of amidine groups is 1. The Morgan fingerprint density at radius 3 is 2.83 bits per heavy atom. The number of benzene rings is 2. The third-order valence-corrected chi connectivity index (χ3v) is 6.28. The van der Waals surface area contributed by atoms with Gasteiger partial charge in [-0.3, -0.25) is 4.99 Å². The van der Waals surface area contributed by atoms with Crippen LogP contribution in [0.3, 0.4) is 0 Å². The molecular weight excluding hydrogens is 372 g/mol. The Morgan fingerprint density at radius 1 is 1.22 bits per heavy atom. The van der Waals surface area contributed by atoms with Gasteiger partial charge in [0.2, 0.25) is 0 Å². The van der Waals surface area contributed by atoms with Gasteiger partial charge in [-0.25, -0.2) is 0 Å². The van der Waals surface area contributed by atoms with Crippen LogP contribution in [0.5, 0.6) is 5.75 Å². The maximum atomic E-state index is 6.32. The quantitative estimate of drug-likeness (QED) is 0.774. The molecule has 0 saturated heterocycles. The fourth-order valence-corrected chi connectivity index (χ4v) is 5.00. The van der Waals surface area contributed by atoms with E-state index in [1.165, 1.54) is 11.1 Å². The van der Waals surface area contributed by atoms with Crippen LogP contribution >= 0.6 is 27.7 Å². The molecule has 2 aliphatic rings. The van der Waals surface area contributed by atoms with Crippen LogP contribution in [0, 0.1) is 0 Å². The van der Waals surface area contributed by atoms with Crippen molar-refractivity contribution in [2.75, 3.05) is 6.54 Å². The van der Waals surface area contributed by atoms with Gasteiger partial charge in [0.1, 0.15) is 11.9 Å². The van der Waals surface area contributed by atoms with Crippen molar-refractivity contribution in [3.05, 3.63) is 64.1 Å². The van der Waals surface area contributed by atoms with Crippen LogP contribution in [0.15, 0.2) is 58.0 Å². The van der Waals surface area contributed by atoms with Crippen molar-refractivity contribution in [1.29, 1.82) is 0 Å². The molecule has 2 unspecified atom stereocenters. The first-order chi connectivity index (χ1) is 11.2. The molecule has 2 aromatic rings. The van der Waals surface area contributed by atoms with Crippen LogP contribution in [0.25, 0.3) is 0 Å². The first-order valence-corrected chi connectivity index (χ1v) is 9.28. The SMILES string of the molecule is NC1=NCCC2(CC(c3ccccc3)Oc3ccc(Br)cc32)S1. The van der Waals surface area contributed by atoms with Crippen molar-refractivity contribution in [3.8, 4) is 5.75 Å². The highest BCUT2D eigenvalue weighted by molar-refractivity contribution is 9.10. The Kier molecular flexibility index (Phi) is 3.85. The van der Waals surface area contributed by atoms with E-state index in [0.717, 1.165) is 29.6 Å². The minimum atomic E-state index is -0.0658. The molecule has 0 saturated carbocycles. The Balaban J connectivity index is 1.81. The van der Waals surface area contributed by atoms with Crippen molar-refractivity contribution in [2.45, 2.75) is 23.7 Å². The molecule has 0 aromatic heterocycles. The maximum absolute atomic E-state index is 6.32. The smallest absolute Gasteiger partial charge is 0.154 e. The van der Waals surface area contributed by atoms with Crippen LogP contribution in [-0.4, -0.2) is 11.7 Å². The summed E-state index contributed by atoms with van der Waals surface area (Å²) in [6, 6.07) is 16.7. The summed E-state index contributed by atoms with van der Waals surface area (Å²) in [6.07, 6.45) is 1.93. The van der Waals surface area contributed by atoms with Gasteiger partial charge in [-0.1, -0.05) is 58.0 Å². The van der Waals surface area contributed by atoms with E-state index in [-0.39, 0.29) is 10.9 Å². The molecule has 5 heteroatoms. The zero-order valence-electron chi connectivity index (χ0n) is 12.5. The van der Waals surface area contributed by atoms with Crippen molar-refractivity contribution in [3.63, 3.8) is 0 Å². The molecule has 4 rings (SSSR count). The number of rotatable bonds is 1. The van der Waals surface area contributed by atoms with Gasteiger partial charge < -0.3 is 10.5 Å². The minimum absolute atomic E-state index is 0.0447. The molecule has 0 aliphatic carbocycles. The topological polar surface area (TPSA) is 47.6 Å². The Labute approximate surface area is 148 Å². The summed E-state index contributed by atoms with van der Waals surface area (Å²) in [5.41, 5.74) is 8.51. The zero-order valence-corrected chi connectivity index (χ0v) is 14.9. The molecule has 2 N–H and O–H groups in total. The lowest BCUT2D eigenvalue weighted by molar-refractivity contribution is 0.149. The van der Waals surface area contributed by atoms with Crippen molar-refractivity contribution in [1.82, 2.24) is 0 Å². The van der Waals surface area contributed by atoms with Gasteiger partial charge in [-0.2, -0.15) is 0 Å². The molecule has 2 aliphatic heterocycles. The van der Waals surface area contributed by atoms with E-state index in [9.17, 15) is 0 Å². The lowest BCUT2D eigenvalue weighted by Gasteiger charge is -2.43. The van der Waals surface area contributed by atoms with E-state index < -0.39 is 0 Å². The monoisotopic (exact) mass is 388 g/mol. The summed E-state index contributed by atoms with van der Waals surface area (Å²) < 4.78 is 7.32. The minimum Gasteiger partial charge on any atom is -0.485 e. The molecule has 0 bridgehead atoms. The summed E-state index contributed by atoms with van der Waals surface area (Å²) >= 11 is 5.28. The molecule has 118 valence electrons. The number of thioether (sulfide) groups is 1. The number of ether oxygens (including phenoxy) is 1. The highest BCUT2D eigenvalue weighted by Crippen LogP contribution is 2.55. The number of fused-ring (bicyclic) bond motifs is 2. The summed E-state index contributed by atoms with van der Waals surface area (Å²) in [6.45, 7) is 0.770. The second-order valence-electron chi connectivity index (χ2n) is 5.93. The van der Waals surface area contributed by atoms with E-state index in [2.05, 4.69) is 57.3 Å². The molecular formula is C18H17BrN2OS. The van der Waals surface area contributed by atoms with Gasteiger partial charge in [0.05, 0.1) is 4.75 Å². The lowest BCUT2D eigenvalue weighted by Crippen LogP contribution is -2.37. The average molecular weight is 389 g/mol. The van der Waals surface area contributed by atoms with E-state index in [0.29, 0.717) is 5.17 Å². The highest BCUT2D eigenvalue weighted by atomic mass is 79.9. The second-order valence-corrected chi connectivity index (χ2v) is 8.25. The molecule has 2 heterocycles. The zero-order chi connectivity index (χ0) is 15.9. The number of aliphatic imine (C=N–C) groups is 1. The van der Waals surface area contributed by atoms with Gasteiger partial charge >= 0.3 is 0 Å². The molecule has 0 amide bonds. The van der Waals surface area contributed by atoms with Gasteiger partial charge in [-0.05, 0) is 30.2 Å². The molecule has 2 atom stereocenters. The van der Waals surface area contributed by atoms with Crippen molar-refractivity contribution >= 4 is 32.9 Å². The Bertz CT molecular complexity index is 765. The first kappa shape index (κ1) is 15.1. The summed E-state index contributed by atoms with van der Waals surface area (Å²) in [5.74, 6) is 0.954. The predicted octanol–water partition coefficient (Wildman–Crippen LogP) is 4.62. The standard InChI is InChI=1S/C18H17BrN2OS/c19-13-6-7-15-14(10-13)18(8-9-21-17(20)23-18)11-16(22-15)12-4-2-1-3-5-12/h1-7,10,16H,8-9,11H2,(H2,20,21). The van der Waals surface area contributed by atoms with E-state index >= 15 is 0 Å². The van der Waals surface area contributed by atoms with E-state index in [1.54, 1.807) is 11.8 Å². The average Bonchev–Trinajstić information content (AvgIpc) is 2.56. The highest BCUT2D eigenvalue weighted by Gasteiger charge is 2.44. The third kappa shape index (κ3) is 2.76. The normalized spacial score (nSPS) is 26.3. The molecule has 3 nitrogen and oxygen atoms in total. The van der Waals surface area contributed by atoms with E-state index in [1.807, 2.05) is 12.1 Å². The summed E-state index contributed by atoms with van der Waals surface area (Å²) in [4.78, 5) is 4.38. The van der Waals surface area contributed by atoms with Gasteiger partial charge in [0.25, 0.3) is 0 Å². The molecule has 0 fully saturated rings. The van der Waals surface area contributed by atoms with Crippen molar-refractivity contribution < 1.29 is 4.74 Å². The fraction of sp³-hybridized carbons (Fsp3) is 0.278.